The van der Waals surface area contributed by atoms with Crippen molar-refractivity contribution in [1.29, 1.82) is 0 Å². The molecule has 4 rings (SSSR count). The Morgan fingerprint density at radius 2 is 1.65 bits per heavy atom. The zero-order valence-corrected chi connectivity index (χ0v) is 21.9. The molecule has 0 aromatic carbocycles. The van der Waals surface area contributed by atoms with Gasteiger partial charge in [-0.15, -0.1) is 0 Å². The van der Waals surface area contributed by atoms with Gasteiger partial charge in [0.25, 0.3) is 0 Å². The van der Waals surface area contributed by atoms with Crippen LogP contribution in [0.3, 0.4) is 0 Å². The lowest BCUT2D eigenvalue weighted by molar-refractivity contribution is -0.0851. The van der Waals surface area contributed by atoms with Gasteiger partial charge in [0.15, 0.2) is 0 Å². The van der Waals surface area contributed by atoms with Crippen LogP contribution < -0.4 is 0 Å². The van der Waals surface area contributed by atoms with Gasteiger partial charge in [0.05, 0.1) is 6.10 Å². The molecule has 0 amide bonds. The van der Waals surface area contributed by atoms with E-state index in [2.05, 4.69) is 67.5 Å². The van der Waals surface area contributed by atoms with E-state index in [0.717, 1.165) is 37.0 Å². The van der Waals surface area contributed by atoms with Crippen molar-refractivity contribution in [1.82, 2.24) is 0 Å². The van der Waals surface area contributed by atoms with Crippen LogP contribution in [0.5, 0.6) is 0 Å². The van der Waals surface area contributed by atoms with E-state index in [0.29, 0.717) is 16.7 Å². The third-order valence-corrected chi connectivity index (χ3v) is 11.4. The highest BCUT2D eigenvalue weighted by Crippen LogP contribution is 2.71. The average molecular weight is 427 g/mol. The number of aliphatic hydroxyl groups is 1. The first kappa shape index (κ1) is 23.6. The smallest absolute Gasteiger partial charge is 0.0594 e. The molecule has 0 saturated heterocycles. The maximum Gasteiger partial charge on any atom is 0.0594 e. The number of rotatable bonds is 5. The molecule has 0 aromatic rings. The Morgan fingerprint density at radius 3 is 2.32 bits per heavy atom. The molecule has 0 radical (unpaired) electrons. The summed E-state index contributed by atoms with van der Waals surface area (Å²) in [6, 6.07) is 0. The second-order valence-corrected chi connectivity index (χ2v) is 13.7. The molecule has 7 atom stereocenters. The molecule has 0 unspecified atom stereocenters. The zero-order valence-electron chi connectivity index (χ0n) is 21.9. The van der Waals surface area contributed by atoms with Gasteiger partial charge >= 0.3 is 0 Å². The van der Waals surface area contributed by atoms with Gasteiger partial charge in [-0.2, -0.15) is 0 Å². The van der Waals surface area contributed by atoms with Crippen molar-refractivity contribution in [3.63, 3.8) is 0 Å². The lowest BCUT2D eigenvalue weighted by atomic mass is 9.44. The monoisotopic (exact) mass is 426 g/mol. The van der Waals surface area contributed by atoms with Gasteiger partial charge in [-0.1, -0.05) is 86.8 Å². The van der Waals surface area contributed by atoms with Crippen molar-refractivity contribution in [2.24, 2.45) is 45.3 Å². The quantitative estimate of drug-likeness (QED) is 0.468. The van der Waals surface area contributed by atoms with Crippen LogP contribution in [0.2, 0.25) is 0 Å². The first-order valence-electron chi connectivity index (χ1n) is 13.5. The van der Waals surface area contributed by atoms with Crippen molar-refractivity contribution < 1.29 is 5.11 Å². The van der Waals surface area contributed by atoms with Crippen LogP contribution in [-0.4, -0.2) is 11.2 Å². The van der Waals surface area contributed by atoms with Gasteiger partial charge < -0.3 is 5.11 Å². The third kappa shape index (κ3) is 3.34. The Bertz CT molecular complexity index is 756. The summed E-state index contributed by atoms with van der Waals surface area (Å²) in [5.74, 6) is 3.06. The summed E-state index contributed by atoms with van der Waals surface area (Å²) in [4.78, 5) is 0. The highest BCUT2D eigenvalue weighted by atomic mass is 16.3. The fourth-order valence-corrected chi connectivity index (χ4v) is 8.99. The molecule has 1 heteroatoms. The Labute approximate surface area is 193 Å². The zero-order chi connectivity index (χ0) is 22.8. The Balaban J connectivity index is 1.64. The molecule has 4 aliphatic carbocycles. The minimum Gasteiger partial charge on any atom is -0.393 e. The topological polar surface area (TPSA) is 20.2 Å². The van der Waals surface area contributed by atoms with Crippen LogP contribution in [0, 0.1) is 45.3 Å². The van der Waals surface area contributed by atoms with Crippen LogP contribution in [0.25, 0.3) is 0 Å². The molecule has 2 saturated carbocycles. The highest BCUT2D eigenvalue weighted by molar-refractivity contribution is 5.49. The van der Waals surface area contributed by atoms with Crippen molar-refractivity contribution in [2.75, 3.05) is 0 Å². The van der Waals surface area contributed by atoms with E-state index >= 15 is 0 Å². The van der Waals surface area contributed by atoms with E-state index in [1.54, 1.807) is 11.1 Å². The lowest BCUT2D eigenvalue weighted by Gasteiger charge is -2.61. The molecule has 2 fully saturated rings. The molecular formula is C30H50O. The van der Waals surface area contributed by atoms with Crippen LogP contribution in [-0.2, 0) is 0 Å². The van der Waals surface area contributed by atoms with E-state index in [1.807, 2.05) is 0 Å². The largest absolute Gasteiger partial charge is 0.393 e. The minimum atomic E-state index is -0.159. The molecule has 1 nitrogen and oxygen atoms in total. The maximum absolute atomic E-state index is 10.8. The predicted molar refractivity (Wildman–Crippen MR) is 133 cm³/mol. The molecule has 0 aliphatic heterocycles. The molecular weight excluding hydrogens is 376 g/mol. The number of fused-ring (bicyclic) bond motifs is 5. The molecule has 0 heterocycles. The Hall–Kier alpha value is -0.560. The Kier molecular flexibility index (Phi) is 5.90. The Morgan fingerprint density at radius 1 is 0.935 bits per heavy atom. The number of hydrogen-bond donors (Lipinski definition) is 1. The maximum atomic E-state index is 10.8. The summed E-state index contributed by atoms with van der Waals surface area (Å²) in [6.45, 7) is 19.7. The molecule has 1 N–H and O–H groups in total. The molecule has 0 bridgehead atoms. The summed E-state index contributed by atoms with van der Waals surface area (Å²) in [7, 11) is 0. The van der Waals surface area contributed by atoms with Gasteiger partial charge in [-0.3, -0.25) is 0 Å². The number of allylic oxidation sites excluding steroid dienone is 4. The second-order valence-electron chi connectivity index (χ2n) is 13.7. The summed E-state index contributed by atoms with van der Waals surface area (Å²) in [6.07, 6.45) is 16.6. The van der Waals surface area contributed by atoms with E-state index in [-0.39, 0.29) is 16.9 Å². The molecule has 31 heavy (non-hydrogen) atoms. The van der Waals surface area contributed by atoms with Crippen LogP contribution in [0.4, 0.5) is 0 Å². The number of hydrogen-bond acceptors (Lipinski definition) is 1. The SMILES string of the molecule is CC(C)CCC[C@H](C)[C@@H]1CC[C@]2(C)C3=CC[C@H]4C(C)(C)[C@@H](O)CC[C@]4(C)C3=CC[C@]12C. The van der Waals surface area contributed by atoms with Gasteiger partial charge in [0.1, 0.15) is 0 Å². The third-order valence-electron chi connectivity index (χ3n) is 11.4. The predicted octanol–water partition coefficient (Wildman–Crippen LogP) is 8.34. The highest BCUT2D eigenvalue weighted by Gasteiger charge is 2.62. The average Bonchev–Trinajstić information content (AvgIpc) is 2.96. The van der Waals surface area contributed by atoms with Crippen molar-refractivity contribution in [2.45, 2.75) is 119 Å². The number of aliphatic hydroxyl groups excluding tert-OH is 1. The van der Waals surface area contributed by atoms with Crippen LogP contribution in [0.1, 0.15) is 113 Å². The van der Waals surface area contributed by atoms with E-state index in [1.165, 1.54) is 38.5 Å². The van der Waals surface area contributed by atoms with Crippen LogP contribution in [0.15, 0.2) is 23.3 Å². The summed E-state index contributed by atoms with van der Waals surface area (Å²) >= 11 is 0. The standard InChI is InChI=1S/C30H50O/c1-20(2)10-9-11-21(3)22-14-18-30(8)24-12-13-25-27(4,5)26(31)16-17-28(25,6)23(24)15-19-29(22,30)7/h12,15,20-22,25-26,31H,9-11,13-14,16-19H2,1-8H3/t21-,22-,25-,26-,28+,29+,30+/m0/s1. The van der Waals surface area contributed by atoms with Gasteiger partial charge in [0, 0.05) is 0 Å². The molecule has 176 valence electrons. The lowest BCUT2D eigenvalue weighted by Crippen LogP contribution is -2.54. The van der Waals surface area contributed by atoms with Gasteiger partial charge in [-0.25, -0.2) is 0 Å². The van der Waals surface area contributed by atoms with Crippen molar-refractivity contribution in [3.8, 4) is 0 Å². The van der Waals surface area contributed by atoms with Gasteiger partial charge in [-0.05, 0) is 95.0 Å². The summed E-state index contributed by atoms with van der Waals surface area (Å²) in [5.41, 5.74) is 4.34. The fourth-order valence-electron chi connectivity index (χ4n) is 8.99. The summed E-state index contributed by atoms with van der Waals surface area (Å²) in [5, 5.41) is 10.8. The fraction of sp³-hybridized carbons (Fsp3) is 0.867. The molecule has 0 spiro atoms. The normalized spacial score (nSPS) is 44.8. The molecule has 0 aromatic heterocycles. The minimum absolute atomic E-state index is 0.000660. The van der Waals surface area contributed by atoms with Crippen molar-refractivity contribution >= 4 is 0 Å². The van der Waals surface area contributed by atoms with E-state index < -0.39 is 0 Å². The van der Waals surface area contributed by atoms with Crippen LogP contribution >= 0.6 is 0 Å². The van der Waals surface area contributed by atoms with E-state index in [9.17, 15) is 5.11 Å². The first-order valence-corrected chi connectivity index (χ1v) is 13.5. The summed E-state index contributed by atoms with van der Waals surface area (Å²) < 4.78 is 0. The van der Waals surface area contributed by atoms with Crippen molar-refractivity contribution in [3.05, 3.63) is 23.3 Å². The first-order chi connectivity index (χ1) is 14.4. The van der Waals surface area contributed by atoms with Gasteiger partial charge in [0.2, 0.25) is 0 Å². The second kappa shape index (κ2) is 7.75. The molecule has 4 aliphatic rings. The van der Waals surface area contributed by atoms with E-state index in [4.69, 9.17) is 0 Å².